The maximum absolute atomic E-state index is 12.2. The van der Waals surface area contributed by atoms with Crippen molar-refractivity contribution in [3.05, 3.63) is 52.4 Å². The van der Waals surface area contributed by atoms with Gasteiger partial charge in [-0.3, -0.25) is 4.79 Å². The van der Waals surface area contributed by atoms with Gasteiger partial charge in [0, 0.05) is 19.2 Å². The van der Waals surface area contributed by atoms with E-state index in [0.29, 0.717) is 23.6 Å². The second-order valence-corrected chi connectivity index (χ2v) is 5.09. The number of nitrogens with zero attached hydrogens (tertiary/aromatic N) is 1. The van der Waals surface area contributed by atoms with Crippen molar-refractivity contribution in [2.45, 2.75) is 13.5 Å². The molecule has 0 saturated carbocycles. The van der Waals surface area contributed by atoms with Gasteiger partial charge in [0.05, 0.1) is 6.61 Å². The summed E-state index contributed by atoms with van der Waals surface area (Å²) in [5.41, 5.74) is 0.968. The third kappa shape index (κ3) is 3.42. The topological polar surface area (TPSA) is 42.7 Å². The first-order valence-corrected chi connectivity index (χ1v) is 7.12. The number of para-hydroxylation sites is 1. The van der Waals surface area contributed by atoms with E-state index < -0.39 is 0 Å². The molecule has 20 heavy (non-hydrogen) atoms. The summed E-state index contributed by atoms with van der Waals surface area (Å²) in [4.78, 5) is 13.8. The molecule has 1 amide bonds. The Morgan fingerprint density at radius 3 is 2.70 bits per heavy atom. The molecule has 0 bridgehead atoms. The number of amides is 1. The summed E-state index contributed by atoms with van der Waals surface area (Å²) < 4.78 is 11.4. The number of carbonyl (C=O) groups excluding carboxylic acids is 1. The molecule has 0 radical (unpaired) electrons. The molecule has 2 rings (SSSR count). The van der Waals surface area contributed by atoms with Gasteiger partial charge in [0.2, 0.25) is 0 Å². The van der Waals surface area contributed by atoms with Crippen molar-refractivity contribution in [2.24, 2.45) is 0 Å². The van der Waals surface area contributed by atoms with Gasteiger partial charge in [-0.05, 0) is 41.1 Å². The molecule has 106 valence electrons. The summed E-state index contributed by atoms with van der Waals surface area (Å²) in [6.45, 7) is 3.00. The third-order valence-electron chi connectivity index (χ3n) is 2.81. The molecule has 0 unspecified atom stereocenters. The largest absolute Gasteiger partial charge is 0.494 e. The molecule has 1 heterocycles. The standard InChI is InChI=1S/C15H16BrNO3/c1-3-19-12-7-5-4-6-11(12)10-17(2)15(18)13-8-9-14(16)20-13/h4-9H,3,10H2,1-2H3. The van der Waals surface area contributed by atoms with Gasteiger partial charge in [-0.2, -0.15) is 0 Å². The summed E-state index contributed by atoms with van der Waals surface area (Å²) in [6.07, 6.45) is 0. The Hall–Kier alpha value is -1.75. The zero-order valence-electron chi connectivity index (χ0n) is 11.4. The van der Waals surface area contributed by atoms with E-state index in [1.807, 2.05) is 31.2 Å². The van der Waals surface area contributed by atoms with E-state index in [-0.39, 0.29) is 5.91 Å². The van der Waals surface area contributed by atoms with Crippen LogP contribution >= 0.6 is 15.9 Å². The first-order valence-electron chi connectivity index (χ1n) is 6.33. The van der Waals surface area contributed by atoms with E-state index in [9.17, 15) is 4.79 Å². The molecule has 0 spiro atoms. The Kier molecular flexibility index (Phi) is 4.84. The molecule has 4 nitrogen and oxygen atoms in total. The minimum absolute atomic E-state index is 0.165. The van der Waals surface area contributed by atoms with Crippen LogP contribution in [0.15, 0.2) is 45.5 Å². The van der Waals surface area contributed by atoms with Gasteiger partial charge < -0.3 is 14.1 Å². The van der Waals surface area contributed by atoms with Crippen LogP contribution < -0.4 is 4.74 Å². The van der Waals surface area contributed by atoms with E-state index in [1.54, 1.807) is 24.1 Å². The van der Waals surface area contributed by atoms with E-state index in [0.717, 1.165) is 11.3 Å². The Bertz CT molecular complexity index is 594. The first kappa shape index (κ1) is 14.7. The second-order valence-electron chi connectivity index (χ2n) is 4.31. The van der Waals surface area contributed by atoms with Gasteiger partial charge in [-0.25, -0.2) is 0 Å². The molecule has 2 aromatic rings. The van der Waals surface area contributed by atoms with E-state index in [1.165, 1.54) is 0 Å². The highest BCUT2D eigenvalue weighted by Crippen LogP contribution is 2.21. The average molecular weight is 338 g/mol. The summed E-state index contributed by atoms with van der Waals surface area (Å²) in [5, 5.41) is 0. The van der Waals surface area contributed by atoms with Crippen molar-refractivity contribution in [3.8, 4) is 5.75 Å². The van der Waals surface area contributed by atoms with Crippen LogP contribution in [-0.4, -0.2) is 24.5 Å². The lowest BCUT2D eigenvalue weighted by molar-refractivity contribution is 0.0751. The molecule has 0 aliphatic heterocycles. The molecule has 0 atom stereocenters. The highest BCUT2D eigenvalue weighted by Gasteiger charge is 2.17. The van der Waals surface area contributed by atoms with Crippen molar-refractivity contribution in [1.29, 1.82) is 0 Å². The van der Waals surface area contributed by atoms with E-state index in [4.69, 9.17) is 9.15 Å². The van der Waals surface area contributed by atoms with Gasteiger partial charge in [0.25, 0.3) is 5.91 Å². The van der Waals surface area contributed by atoms with E-state index in [2.05, 4.69) is 15.9 Å². The zero-order chi connectivity index (χ0) is 14.5. The van der Waals surface area contributed by atoms with E-state index >= 15 is 0 Å². The number of hydrogen-bond donors (Lipinski definition) is 0. The van der Waals surface area contributed by atoms with Crippen molar-refractivity contribution >= 4 is 21.8 Å². The molecule has 5 heteroatoms. The second kappa shape index (κ2) is 6.61. The summed E-state index contributed by atoms with van der Waals surface area (Å²) in [7, 11) is 1.74. The van der Waals surface area contributed by atoms with Crippen LogP contribution in [0.4, 0.5) is 0 Å². The molecule has 1 aromatic heterocycles. The fourth-order valence-corrected chi connectivity index (χ4v) is 2.18. The maximum atomic E-state index is 12.2. The SMILES string of the molecule is CCOc1ccccc1CN(C)C(=O)c1ccc(Br)o1. The Balaban J connectivity index is 2.11. The normalized spacial score (nSPS) is 10.3. The van der Waals surface area contributed by atoms with Crippen LogP contribution in [0.1, 0.15) is 23.0 Å². The number of hydrogen-bond acceptors (Lipinski definition) is 3. The van der Waals surface area contributed by atoms with Crippen LogP contribution in [0.3, 0.4) is 0 Å². The van der Waals surface area contributed by atoms with Crippen molar-refractivity contribution in [1.82, 2.24) is 4.90 Å². The summed E-state index contributed by atoms with van der Waals surface area (Å²) >= 11 is 3.19. The number of ether oxygens (including phenoxy) is 1. The van der Waals surface area contributed by atoms with Gasteiger partial charge in [0.15, 0.2) is 10.4 Å². The highest BCUT2D eigenvalue weighted by molar-refractivity contribution is 9.10. The van der Waals surface area contributed by atoms with Crippen LogP contribution in [0, 0.1) is 0 Å². The zero-order valence-corrected chi connectivity index (χ0v) is 13.0. The fraction of sp³-hybridized carbons (Fsp3) is 0.267. The van der Waals surface area contributed by atoms with Crippen LogP contribution in [0.25, 0.3) is 0 Å². The Morgan fingerprint density at radius 2 is 2.05 bits per heavy atom. The Labute approximate surface area is 126 Å². The molecule has 0 aliphatic rings. The molecule has 0 fully saturated rings. The number of furan rings is 1. The quantitative estimate of drug-likeness (QED) is 0.835. The average Bonchev–Trinajstić information content (AvgIpc) is 2.87. The van der Waals surface area contributed by atoms with Crippen molar-refractivity contribution < 1.29 is 13.9 Å². The number of carbonyl (C=O) groups is 1. The molecule has 0 N–H and O–H groups in total. The van der Waals surface area contributed by atoms with Gasteiger partial charge in [-0.1, -0.05) is 18.2 Å². The molecule has 0 saturated heterocycles. The van der Waals surface area contributed by atoms with Crippen molar-refractivity contribution in [2.75, 3.05) is 13.7 Å². The summed E-state index contributed by atoms with van der Waals surface area (Å²) in [6, 6.07) is 11.1. The minimum Gasteiger partial charge on any atom is -0.494 e. The predicted molar refractivity (Wildman–Crippen MR) is 79.8 cm³/mol. The lowest BCUT2D eigenvalue weighted by Crippen LogP contribution is -2.26. The number of rotatable bonds is 5. The lowest BCUT2D eigenvalue weighted by Gasteiger charge is -2.18. The van der Waals surface area contributed by atoms with Crippen LogP contribution in [0.5, 0.6) is 5.75 Å². The molecule has 1 aromatic carbocycles. The minimum atomic E-state index is -0.165. The van der Waals surface area contributed by atoms with Crippen LogP contribution in [-0.2, 0) is 6.54 Å². The molecular formula is C15H16BrNO3. The molecular weight excluding hydrogens is 322 g/mol. The summed E-state index contributed by atoms with van der Waals surface area (Å²) in [5.74, 6) is 0.950. The van der Waals surface area contributed by atoms with Gasteiger partial charge in [-0.15, -0.1) is 0 Å². The van der Waals surface area contributed by atoms with Crippen molar-refractivity contribution in [3.63, 3.8) is 0 Å². The highest BCUT2D eigenvalue weighted by atomic mass is 79.9. The molecule has 0 aliphatic carbocycles. The number of benzene rings is 1. The lowest BCUT2D eigenvalue weighted by atomic mass is 10.2. The third-order valence-corrected chi connectivity index (χ3v) is 3.24. The first-order chi connectivity index (χ1) is 9.61. The fourth-order valence-electron chi connectivity index (χ4n) is 1.88. The predicted octanol–water partition coefficient (Wildman–Crippen LogP) is 3.71. The monoisotopic (exact) mass is 337 g/mol. The maximum Gasteiger partial charge on any atom is 0.289 e. The smallest absolute Gasteiger partial charge is 0.289 e. The van der Waals surface area contributed by atoms with Gasteiger partial charge >= 0.3 is 0 Å². The van der Waals surface area contributed by atoms with Crippen LogP contribution in [0.2, 0.25) is 0 Å². The number of halogens is 1. The Morgan fingerprint density at radius 1 is 1.30 bits per heavy atom. The van der Waals surface area contributed by atoms with Gasteiger partial charge in [0.1, 0.15) is 5.75 Å².